The highest BCUT2D eigenvalue weighted by Crippen LogP contribution is 2.26. The molecule has 0 aliphatic carbocycles. The first-order valence-electron chi connectivity index (χ1n) is 9.25. The molecule has 0 N–H and O–H groups in total. The van der Waals surface area contributed by atoms with E-state index >= 15 is 0 Å². The second-order valence-corrected chi connectivity index (χ2v) is 8.54. The molecule has 0 spiro atoms. The third-order valence-corrected chi connectivity index (χ3v) is 5.62. The summed E-state index contributed by atoms with van der Waals surface area (Å²) in [7, 11) is -2.05. The predicted molar refractivity (Wildman–Crippen MR) is 106 cm³/mol. The number of Topliss-reactive ketones (excluding diaryl/α,β-unsaturated/α-hetero) is 1. The fraction of sp³-hybridized carbons (Fsp3) is 0.500. The lowest BCUT2D eigenvalue weighted by Crippen LogP contribution is -2.18. The number of methoxy groups -OCH3 is 1. The van der Waals surface area contributed by atoms with Crippen molar-refractivity contribution in [3.63, 3.8) is 0 Å². The van der Waals surface area contributed by atoms with Gasteiger partial charge in [-0.25, -0.2) is 13.4 Å². The van der Waals surface area contributed by atoms with Crippen LogP contribution in [-0.4, -0.2) is 45.3 Å². The van der Waals surface area contributed by atoms with Gasteiger partial charge in [0.1, 0.15) is 23.0 Å². The van der Waals surface area contributed by atoms with E-state index in [4.69, 9.17) is 13.9 Å². The van der Waals surface area contributed by atoms with Crippen molar-refractivity contribution >= 4 is 15.6 Å². The van der Waals surface area contributed by atoms with Gasteiger partial charge in [-0.3, -0.25) is 4.79 Å². The number of hydrogen-bond acceptors (Lipinski definition) is 7. The van der Waals surface area contributed by atoms with Crippen LogP contribution in [0.1, 0.15) is 37.6 Å². The van der Waals surface area contributed by atoms with Crippen LogP contribution in [0, 0.1) is 6.92 Å². The molecule has 154 valence electrons. The van der Waals surface area contributed by atoms with Gasteiger partial charge in [0, 0.05) is 25.2 Å². The second kappa shape index (κ2) is 10.4. The monoisotopic (exact) mass is 409 g/mol. The molecule has 0 radical (unpaired) electrons. The van der Waals surface area contributed by atoms with Crippen LogP contribution in [0.3, 0.4) is 0 Å². The zero-order chi connectivity index (χ0) is 20.6. The Morgan fingerprint density at radius 3 is 2.75 bits per heavy atom. The molecule has 2 rings (SSSR count). The van der Waals surface area contributed by atoms with Gasteiger partial charge in [-0.05, 0) is 44.9 Å². The average Bonchev–Trinajstić information content (AvgIpc) is 3.01. The van der Waals surface area contributed by atoms with Gasteiger partial charge >= 0.3 is 0 Å². The SMILES string of the molecule is CCOCCCCC(=O)CS(=O)(=O)Cc1nc(-c2cccc(OC)c2)oc1C. The Hall–Kier alpha value is -2.19. The molecule has 0 atom stereocenters. The largest absolute Gasteiger partial charge is 0.497 e. The first kappa shape index (κ1) is 22.1. The molecule has 2 aromatic rings. The van der Waals surface area contributed by atoms with Crippen LogP contribution in [0.4, 0.5) is 0 Å². The van der Waals surface area contributed by atoms with Gasteiger partial charge < -0.3 is 13.9 Å². The van der Waals surface area contributed by atoms with Crippen LogP contribution in [0.5, 0.6) is 5.75 Å². The standard InChI is InChI=1S/C20H27NO6S/c1-4-26-11-6-5-9-17(22)13-28(23,24)14-19-15(2)27-20(21-19)16-8-7-10-18(12-16)25-3/h7-8,10,12H,4-6,9,11,13-14H2,1-3H3. The molecule has 28 heavy (non-hydrogen) atoms. The third-order valence-electron chi connectivity index (χ3n) is 4.15. The van der Waals surface area contributed by atoms with Crippen molar-refractivity contribution < 1.29 is 27.1 Å². The molecular weight excluding hydrogens is 382 g/mol. The van der Waals surface area contributed by atoms with E-state index in [1.165, 1.54) is 0 Å². The van der Waals surface area contributed by atoms with Gasteiger partial charge in [-0.2, -0.15) is 0 Å². The van der Waals surface area contributed by atoms with E-state index in [1.807, 2.05) is 6.92 Å². The molecule has 0 saturated carbocycles. The number of carbonyl (C=O) groups is 1. The van der Waals surface area contributed by atoms with Crippen molar-refractivity contribution in [2.45, 2.75) is 38.9 Å². The lowest BCUT2D eigenvalue weighted by Gasteiger charge is -2.03. The quantitative estimate of drug-likeness (QED) is 0.496. The van der Waals surface area contributed by atoms with Crippen molar-refractivity contribution in [3.8, 4) is 17.2 Å². The summed E-state index contributed by atoms with van der Waals surface area (Å²) in [6.07, 6.45) is 1.60. The molecule has 0 saturated heterocycles. The van der Waals surface area contributed by atoms with Gasteiger partial charge in [0.25, 0.3) is 0 Å². The Kier molecular flexibility index (Phi) is 8.19. The number of rotatable bonds is 12. The maximum Gasteiger partial charge on any atom is 0.226 e. The Morgan fingerprint density at radius 1 is 1.25 bits per heavy atom. The molecule has 0 aliphatic heterocycles. The number of oxazole rings is 1. The van der Waals surface area contributed by atoms with Crippen molar-refractivity contribution in [1.82, 2.24) is 4.98 Å². The number of ketones is 1. The summed E-state index contributed by atoms with van der Waals surface area (Å²) in [5.41, 5.74) is 1.01. The highest BCUT2D eigenvalue weighted by Gasteiger charge is 2.22. The highest BCUT2D eigenvalue weighted by atomic mass is 32.2. The highest BCUT2D eigenvalue weighted by molar-refractivity contribution is 7.91. The molecule has 0 bridgehead atoms. The van der Waals surface area contributed by atoms with E-state index in [1.54, 1.807) is 38.3 Å². The van der Waals surface area contributed by atoms with E-state index in [-0.39, 0.29) is 18.0 Å². The number of aryl methyl sites for hydroxylation is 1. The molecule has 0 fully saturated rings. The van der Waals surface area contributed by atoms with Gasteiger partial charge in [0.05, 0.1) is 18.6 Å². The second-order valence-electron chi connectivity index (χ2n) is 6.48. The van der Waals surface area contributed by atoms with Gasteiger partial charge in [0.2, 0.25) is 5.89 Å². The minimum atomic E-state index is -3.61. The number of hydrogen-bond donors (Lipinski definition) is 0. The molecular formula is C20H27NO6S. The van der Waals surface area contributed by atoms with Crippen LogP contribution in [-0.2, 0) is 25.1 Å². The molecule has 0 aliphatic rings. The summed E-state index contributed by atoms with van der Waals surface area (Å²) in [4.78, 5) is 16.3. The van der Waals surface area contributed by atoms with E-state index in [0.717, 1.165) is 6.42 Å². The lowest BCUT2D eigenvalue weighted by molar-refractivity contribution is -0.116. The van der Waals surface area contributed by atoms with Gasteiger partial charge in [-0.1, -0.05) is 6.07 Å². The minimum absolute atomic E-state index is 0.235. The fourth-order valence-corrected chi connectivity index (χ4v) is 4.11. The minimum Gasteiger partial charge on any atom is -0.497 e. The van der Waals surface area contributed by atoms with Gasteiger partial charge in [-0.15, -0.1) is 0 Å². The van der Waals surface area contributed by atoms with Crippen LogP contribution in [0.15, 0.2) is 28.7 Å². The first-order chi connectivity index (χ1) is 13.3. The smallest absolute Gasteiger partial charge is 0.226 e. The van der Waals surface area contributed by atoms with Gasteiger partial charge in [0.15, 0.2) is 9.84 Å². The topological polar surface area (TPSA) is 95.7 Å². The summed E-state index contributed by atoms with van der Waals surface area (Å²) in [6, 6.07) is 7.16. The first-order valence-corrected chi connectivity index (χ1v) is 11.1. The van der Waals surface area contributed by atoms with Crippen molar-refractivity contribution in [3.05, 3.63) is 35.7 Å². The van der Waals surface area contributed by atoms with Crippen molar-refractivity contribution in [1.29, 1.82) is 0 Å². The number of unbranched alkanes of at least 4 members (excludes halogenated alkanes) is 1. The average molecular weight is 410 g/mol. The maximum atomic E-state index is 12.4. The van der Waals surface area contributed by atoms with Crippen LogP contribution in [0.2, 0.25) is 0 Å². The lowest BCUT2D eigenvalue weighted by atomic mass is 10.2. The summed E-state index contributed by atoms with van der Waals surface area (Å²) in [5, 5.41) is 0. The van der Waals surface area contributed by atoms with E-state index < -0.39 is 15.6 Å². The van der Waals surface area contributed by atoms with Crippen molar-refractivity contribution in [2.75, 3.05) is 26.1 Å². The molecule has 0 unspecified atom stereocenters. The number of benzene rings is 1. The molecule has 1 aromatic carbocycles. The number of ether oxygens (including phenoxy) is 2. The Balaban J connectivity index is 1.98. The maximum absolute atomic E-state index is 12.4. The third kappa shape index (κ3) is 6.76. The fourth-order valence-electron chi connectivity index (χ4n) is 2.69. The van der Waals surface area contributed by atoms with E-state index in [0.29, 0.717) is 48.3 Å². The zero-order valence-corrected chi connectivity index (χ0v) is 17.4. The molecule has 7 nitrogen and oxygen atoms in total. The Labute approximate surface area is 166 Å². The number of sulfone groups is 1. The number of carbonyl (C=O) groups excluding carboxylic acids is 1. The molecule has 1 heterocycles. The number of nitrogens with zero attached hydrogens (tertiary/aromatic N) is 1. The normalized spacial score (nSPS) is 11.5. The summed E-state index contributed by atoms with van der Waals surface area (Å²) in [5.74, 6) is 0.303. The Morgan fingerprint density at radius 2 is 2.04 bits per heavy atom. The van der Waals surface area contributed by atoms with E-state index in [2.05, 4.69) is 4.98 Å². The molecule has 8 heteroatoms. The molecule has 1 aromatic heterocycles. The summed E-state index contributed by atoms with van der Waals surface area (Å²) in [6.45, 7) is 4.79. The number of aromatic nitrogens is 1. The zero-order valence-electron chi connectivity index (χ0n) is 16.6. The summed E-state index contributed by atoms with van der Waals surface area (Å²) >= 11 is 0. The van der Waals surface area contributed by atoms with Crippen LogP contribution < -0.4 is 4.74 Å². The van der Waals surface area contributed by atoms with Crippen LogP contribution in [0.25, 0.3) is 11.5 Å². The van der Waals surface area contributed by atoms with Crippen LogP contribution >= 0.6 is 0 Å². The Bertz CT molecular complexity index is 888. The predicted octanol–water partition coefficient (Wildman–Crippen LogP) is 3.35. The van der Waals surface area contributed by atoms with Crippen molar-refractivity contribution in [2.24, 2.45) is 0 Å². The summed E-state index contributed by atoms with van der Waals surface area (Å²) < 4.78 is 40.8. The van der Waals surface area contributed by atoms with E-state index in [9.17, 15) is 13.2 Å². The molecule has 0 amide bonds.